The van der Waals surface area contributed by atoms with Crippen molar-refractivity contribution in [1.82, 2.24) is 14.6 Å². The molecule has 2 amide bonds. The lowest BCUT2D eigenvalue weighted by molar-refractivity contribution is -0.130. The zero-order chi connectivity index (χ0) is 20.9. The number of β-amino-alcohol motifs (C(OH)–C–C–N with tert-alkyl or cyclic N) is 1. The van der Waals surface area contributed by atoms with Crippen LogP contribution in [0.4, 0.5) is 0 Å². The Balaban J connectivity index is 2.37. The Kier molecular flexibility index (Phi) is 7.50. The number of sulfonamides is 1. The maximum Gasteiger partial charge on any atom is 0.284 e. The molecule has 1 aliphatic heterocycles. The molecule has 4 atom stereocenters. The lowest BCUT2D eigenvalue weighted by Gasteiger charge is -2.33. The van der Waals surface area contributed by atoms with Gasteiger partial charge in [-0.05, 0) is 38.3 Å². The fraction of sp³-hybridized carbons (Fsp3) is 0.611. The normalized spacial score (nSPS) is 24.2. The third kappa shape index (κ3) is 5.27. The highest BCUT2D eigenvalue weighted by molar-refractivity contribution is 7.89. The van der Waals surface area contributed by atoms with Crippen LogP contribution >= 0.6 is 0 Å². The van der Waals surface area contributed by atoms with Crippen LogP contribution in [-0.4, -0.2) is 59.4 Å². The highest BCUT2D eigenvalue weighted by Crippen LogP contribution is 2.25. The number of nitrogens with two attached hydrogens (primary N) is 1. The molecule has 156 valence electrons. The van der Waals surface area contributed by atoms with Gasteiger partial charge in [0.2, 0.25) is 11.8 Å². The molecule has 1 fully saturated rings. The van der Waals surface area contributed by atoms with Crippen LogP contribution in [-0.2, 0) is 19.6 Å². The first-order valence-corrected chi connectivity index (χ1v) is 10.8. The first-order chi connectivity index (χ1) is 13.1. The van der Waals surface area contributed by atoms with Gasteiger partial charge in [-0.2, -0.15) is 8.42 Å². The number of aliphatic hydroxyl groups excluding tert-OH is 1. The lowest BCUT2D eigenvalue weighted by atomic mass is 10.0. The van der Waals surface area contributed by atoms with Gasteiger partial charge in [0.1, 0.15) is 0 Å². The fourth-order valence-corrected chi connectivity index (χ4v) is 4.74. The quantitative estimate of drug-likeness (QED) is 0.572. The van der Waals surface area contributed by atoms with Gasteiger partial charge >= 0.3 is 0 Å². The first-order valence-electron chi connectivity index (χ1n) is 9.33. The summed E-state index contributed by atoms with van der Waals surface area (Å²) < 4.78 is 27.2. The summed E-state index contributed by atoms with van der Waals surface area (Å²) >= 11 is 0. The highest BCUT2D eigenvalue weighted by Gasteiger charge is 2.40. The van der Waals surface area contributed by atoms with Gasteiger partial charge in [0, 0.05) is 31.1 Å². The van der Waals surface area contributed by atoms with Crippen LogP contribution in [0.5, 0.6) is 0 Å². The number of hydrogen-bond donors (Lipinski definition) is 3. The van der Waals surface area contributed by atoms with Crippen molar-refractivity contribution in [3.63, 3.8) is 0 Å². The summed E-state index contributed by atoms with van der Waals surface area (Å²) in [5, 5.41) is 13.4. The average molecular weight is 413 g/mol. The Hall–Kier alpha value is -2.04. The summed E-state index contributed by atoms with van der Waals surface area (Å²) in [6.45, 7) is 3.69. The van der Waals surface area contributed by atoms with E-state index in [0.717, 1.165) is 4.31 Å². The summed E-state index contributed by atoms with van der Waals surface area (Å²) in [5.74, 6) is -1.80. The van der Waals surface area contributed by atoms with Gasteiger partial charge in [0.15, 0.2) is 5.03 Å². The number of nitrogens with one attached hydrogen (secondary N) is 1. The Morgan fingerprint density at radius 2 is 2.11 bits per heavy atom. The van der Waals surface area contributed by atoms with Gasteiger partial charge in [0.25, 0.3) is 10.0 Å². The topological polar surface area (TPSA) is 143 Å². The van der Waals surface area contributed by atoms with E-state index in [0.29, 0.717) is 12.8 Å². The second-order valence-corrected chi connectivity index (χ2v) is 8.99. The number of carbonyl (C=O) groups excluding carboxylic acids is 2. The summed E-state index contributed by atoms with van der Waals surface area (Å²) in [5.41, 5.74) is 5.24. The van der Waals surface area contributed by atoms with Crippen molar-refractivity contribution in [2.45, 2.75) is 62.7 Å². The molecule has 0 saturated carbocycles. The van der Waals surface area contributed by atoms with E-state index in [4.69, 9.17) is 5.73 Å². The van der Waals surface area contributed by atoms with Crippen molar-refractivity contribution in [2.75, 3.05) is 6.54 Å². The molecule has 0 spiro atoms. The zero-order valence-corrected chi connectivity index (χ0v) is 16.9. The molecular weight excluding hydrogens is 384 g/mol. The monoisotopic (exact) mass is 412 g/mol. The molecule has 1 aliphatic rings. The predicted molar refractivity (Wildman–Crippen MR) is 102 cm³/mol. The molecule has 1 aromatic rings. The minimum absolute atomic E-state index is 0.0871. The largest absolute Gasteiger partial charge is 0.390 e. The smallest absolute Gasteiger partial charge is 0.284 e. The average Bonchev–Trinajstić information content (AvgIpc) is 2.82. The van der Waals surface area contributed by atoms with Crippen molar-refractivity contribution < 1.29 is 23.1 Å². The van der Waals surface area contributed by atoms with Crippen molar-refractivity contribution >= 4 is 21.8 Å². The third-order valence-corrected chi connectivity index (χ3v) is 6.76. The van der Waals surface area contributed by atoms with Gasteiger partial charge in [0.05, 0.1) is 12.1 Å². The standard InChI is InChI=1S/C18H28N4O5S/c1-12(18(19)25)6-9-17(24)22(14-8-7-13(2)21-11-15(14)23)28(26,27)16-5-3-4-10-20-16/h3-5,10,12-15,21,23H,6-9,11H2,1-2H3,(H2,19,25)/t12-,13+,14-,15+/m1/s1. The van der Waals surface area contributed by atoms with E-state index in [-0.39, 0.29) is 30.5 Å². The highest BCUT2D eigenvalue weighted by atomic mass is 32.2. The van der Waals surface area contributed by atoms with E-state index in [9.17, 15) is 23.1 Å². The number of hydrogen-bond acceptors (Lipinski definition) is 7. The van der Waals surface area contributed by atoms with Crippen LogP contribution in [0.3, 0.4) is 0 Å². The zero-order valence-electron chi connectivity index (χ0n) is 16.1. The van der Waals surface area contributed by atoms with Gasteiger partial charge in [-0.1, -0.05) is 13.0 Å². The molecule has 0 radical (unpaired) electrons. The van der Waals surface area contributed by atoms with Crippen molar-refractivity contribution in [2.24, 2.45) is 11.7 Å². The van der Waals surface area contributed by atoms with Crippen molar-refractivity contribution in [1.29, 1.82) is 0 Å². The number of amides is 2. The number of aliphatic hydroxyl groups is 1. The molecule has 0 aromatic carbocycles. The number of carbonyl (C=O) groups is 2. The first kappa shape index (κ1) is 22.3. The van der Waals surface area contributed by atoms with Crippen molar-refractivity contribution in [3.05, 3.63) is 24.4 Å². The Morgan fingerprint density at radius 1 is 1.39 bits per heavy atom. The molecule has 9 nitrogen and oxygen atoms in total. The second-order valence-electron chi connectivity index (χ2n) is 7.23. The number of nitrogens with zero attached hydrogens (tertiary/aromatic N) is 2. The molecule has 4 N–H and O–H groups in total. The fourth-order valence-electron chi connectivity index (χ4n) is 3.14. The lowest BCUT2D eigenvalue weighted by Crippen LogP contribution is -2.51. The SMILES string of the molecule is C[C@H](CCC(=O)N([C@@H]1CC[C@H](C)NC[C@@H]1O)S(=O)(=O)c1ccccn1)C(N)=O. The van der Waals surface area contributed by atoms with E-state index in [1.54, 1.807) is 13.0 Å². The van der Waals surface area contributed by atoms with Crippen LogP contribution in [0.2, 0.25) is 0 Å². The Bertz CT molecular complexity index is 786. The summed E-state index contributed by atoms with van der Waals surface area (Å²) in [4.78, 5) is 28.1. The van der Waals surface area contributed by atoms with Crippen molar-refractivity contribution in [3.8, 4) is 0 Å². The summed E-state index contributed by atoms with van der Waals surface area (Å²) in [6, 6.07) is 3.58. The minimum atomic E-state index is -4.27. The van der Waals surface area contributed by atoms with E-state index in [2.05, 4.69) is 10.3 Å². The molecule has 1 saturated heterocycles. The van der Waals surface area contributed by atoms with Gasteiger partial charge in [-0.3, -0.25) is 9.59 Å². The van der Waals surface area contributed by atoms with E-state index >= 15 is 0 Å². The molecule has 28 heavy (non-hydrogen) atoms. The van der Waals surface area contributed by atoms with E-state index in [1.807, 2.05) is 6.92 Å². The molecular formula is C18H28N4O5S. The van der Waals surface area contributed by atoms with Gasteiger partial charge in [-0.15, -0.1) is 0 Å². The molecule has 1 aromatic heterocycles. The summed E-state index contributed by atoms with van der Waals surface area (Å²) in [7, 11) is -4.27. The van der Waals surface area contributed by atoms with Crippen LogP contribution < -0.4 is 11.1 Å². The Morgan fingerprint density at radius 3 is 2.71 bits per heavy atom. The molecule has 10 heteroatoms. The van der Waals surface area contributed by atoms with Crippen LogP contribution in [0, 0.1) is 5.92 Å². The molecule has 2 rings (SSSR count). The molecule has 2 heterocycles. The number of pyridine rings is 1. The molecule has 0 bridgehead atoms. The third-order valence-electron chi connectivity index (χ3n) is 5.00. The number of aromatic nitrogens is 1. The van der Waals surface area contributed by atoms with Crippen LogP contribution in [0.1, 0.15) is 39.5 Å². The summed E-state index contributed by atoms with van der Waals surface area (Å²) in [6.07, 6.45) is 1.14. The van der Waals surface area contributed by atoms with E-state index in [1.165, 1.54) is 18.3 Å². The maximum absolute atomic E-state index is 13.2. The van der Waals surface area contributed by atoms with Gasteiger partial charge in [-0.25, -0.2) is 9.29 Å². The number of rotatable bonds is 7. The molecule has 0 unspecified atom stereocenters. The predicted octanol–water partition coefficient (Wildman–Crippen LogP) is 0.00190. The second kappa shape index (κ2) is 9.44. The molecule has 0 aliphatic carbocycles. The minimum Gasteiger partial charge on any atom is -0.390 e. The van der Waals surface area contributed by atoms with Gasteiger partial charge < -0.3 is 16.2 Å². The van der Waals surface area contributed by atoms with Crippen LogP contribution in [0.25, 0.3) is 0 Å². The number of primary amides is 1. The van der Waals surface area contributed by atoms with Crippen LogP contribution in [0.15, 0.2) is 29.4 Å². The Labute approximate surface area is 165 Å². The maximum atomic E-state index is 13.2. The van der Waals surface area contributed by atoms with E-state index < -0.39 is 39.9 Å².